The minimum atomic E-state index is -0.711. The first-order valence-electron chi connectivity index (χ1n) is 4.33. The van der Waals surface area contributed by atoms with Gasteiger partial charge in [0, 0.05) is 5.56 Å². The van der Waals surface area contributed by atoms with Gasteiger partial charge in [-0.25, -0.2) is 4.79 Å². The summed E-state index contributed by atoms with van der Waals surface area (Å²) in [5.41, 5.74) is 6.69. The van der Waals surface area contributed by atoms with Crippen LogP contribution in [0.3, 0.4) is 0 Å². The molecule has 2 rings (SSSR count). The second-order valence-corrected chi connectivity index (χ2v) is 3.13. The van der Waals surface area contributed by atoms with Crippen LogP contribution in [-0.4, -0.2) is 19.2 Å². The highest BCUT2D eigenvalue weighted by Crippen LogP contribution is 2.34. The predicted molar refractivity (Wildman–Crippen MR) is 49.8 cm³/mol. The van der Waals surface area contributed by atoms with E-state index < -0.39 is 18.1 Å². The number of para-hydroxylation sites is 1. The van der Waals surface area contributed by atoms with Gasteiger partial charge in [-0.15, -0.1) is 0 Å². The highest BCUT2D eigenvalue weighted by Gasteiger charge is 2.37. The van der Waals surface area contributed by atoms with Gasteiger partial charge < -0.3 is 15.2 Å². The first-order chi connectivity index (χ1) is 6.74. The summed E-state index contributed by atoms with van der Waals surface area (Å²) in [5.74, 6) is 0.226. The maximum absolute atomic E-state index is 11.3. The third kappa shape index (κ3) is 1.24. The van der Waals surface area contributed by atoms with E-state index in [4.69, 9.17) is 10.5 Å². The van der Waals surface area contributed by atoms with Crippen molar-refractivity contribution in [3.63, 3.8) is 0 Å². The molecule has 0 aromatic heterocycles. The first-order valence-corrected chi connectivity index (χ1v) is 4.33. The molecule has 1 heterocycles. The number of hydrogen-bond acceptors (Lipinski definition) is 4. The Balaban J connectivity index is 2.30. The summed E-state index contributed by atoms with van der Waals surface area (Å²) in [6.07, 6.45) is -0.711. The van der Waals surface area contributed by atoms with Crippen molar-refractivity contribution in [1.82, 2.24) is 0 Å². The number of methoxy groups -OCH3 is 1. The van der Waals surface area contributed by atoms with Crippen molar-refractivity contribution in [2.75, 3.05) is 7.11 Å². The van der Waals surface area contributed by atoms with Crippen molar-refractivity contribution in [3.05, 3.63) is 29.8 Å². The van der Waals surface area contributed by atoms with E-state index in [0.29, 0.717) is 5.75 Å². The van der Waals surface area contributed by atoms with Crippen LogP contribution in [0.15, 0.2) is 24.3 Å². The molecule has 0 fully saturated rings. The Morgan fingerprint density at radius 2 is 2.21 bits per heavy atom. The molecule has 1 aromatic rings. The van der Waals surface area contributed by atoms with Crippen molar-refractivity contribution in [2.24, 2.45) is 5.73 Å². The van der Waals surface area contributed by atoms with E-state index in [1.165, 1.54) is 7.11 Å². The second kappa shape index (κ2) is 3.31. The molecule has 2 atom stereocenters. The van der Waals surface area contributed by atoms with Crippen LogP contribution in [0.4, 0.5) is 0 Å². The van der Waals surface area contributed by atoms with Crippen LogP contribution < -0.4 is 10.5 Å². The minimum absolute atomic E-state index is 0.432. The van der Waals surface area contributed by atoms with Crippen LogP contribution in [0, 0.1) is 0 Å². The monoisotopic (exact) mass is 193 g/mol. The number of carbonyl (C=O) groups is 1. The molecule has 74 valence electrons. The summed E-state index contributed by atoms with van der Waals surface area (Å²) < 4.78 is 9.96. The molecule has 0 bridgehead atoms. The number of hydrogen-bond donors (Lipinski definition) is 1. The Kier molecular flexibility index (Phi) is 2.13. The Morgan fingerprint density at radius 3 is 2.86 bits per heavy atom. The Labute approximate surface area is 81.6 Å². The summed E-state index contributed by atoms with van der Waals surface area (Å²) in [6.45, 7) is 0. The number of esters is 1. The molecule has 1 aromatic carbocycles. The topological polar surface area (TPSA) is 61.5 Å². The fourth-order valence-corrected chi connectivity index (χ4v) is 1.55. The molecule has 14 heavy (non-hydrogen) atoms. The number of rotatable bonds is 1. The number of carbonyl (C=O) groups excluding carboxylic acids is 1. The van der Waals surface area contributed by atoms with Crippen molar-refractivity contribution in [3.8, 4) is 5.75 Å². The third-order valence-electron chi connectivity index (χ3n) is 2.29. The van der Waals surface area contributed by atoms with Gasteiger partial charge in [0.2, 0.25) is 6.10 Å². The largest absolute Gasteiger partial charge is 0.476 e. The molecule has 0 saturated heterocycles. The van der Waals surface area contributed by atoms with E-state index >= 15 is 0 Å². The molecule has 0 spiro atoms. The van der Waals surface area contributed by atoms with Crippen molar-refractivity contribution >= 4 is 5.97 Å². The Morgan fingerprint density at radius 1 is 1.50 bits per heavy atom. The number of ether oxygens (including phenoxy) is 2. The van der Waals surface area contributed by atoms with Gasteiger partial charge in [-0.3, -0.25) is 0 Å². The van der Waals surface area contributed by atoms with Gasteiger partial charge in [0.15, 0.2) is 0 Å². The quantitative estimate of drug-likeness (QED) is 0.664. The van der Waals surface area contributed by atoms with Crippen LogP contribution in [0.5, 0.6) is 5.75 Å². The number of nitrogens with two attached hydrogens (primary N) is 1. The van der Waals surface area contributed by atoms with E-state index in [0.717, 1.165) is 5.56 Å². The normalized spacial score (nSPS) is 23.9. The summed E-state index contributed by atoms with van der Waals surface area (Å²) in [6, 6.07) is 6.91. The first kappa shape index (κ1) is 9.02. The van der Waals surface area contributed by atoms with Crippen molar-refractivity contribution in [1.29, 1.82) is 0 Å². The molecule has 1 aliphatic rings. The van der Waals surface area contributed by atoms with Crippen molar-refractivity contribution in [2.45, 2.75) is 12.1 Å². The maximum atomic E-state index is 11.3. The lowest BCUT2D eigenvalue weighted by Crippen LogP contribution is -2.34. The number of fused-ring (bicyclic) bond motifs is 1. The SMILES string of the molecule is COC(=O)[C@@H]1Oc2ccccc2[C@@H]1N. The Hall–Kier alpha value is -1.55. The lowest BCUT2D eigenvalue weighted by atomic mass is 10.1. The summed E-state index contributed by atoms with van der Waals surface area (Å²) >= 11 is 0. The molecule has 0 unspecified atom stereocenters. The average Bonchev–Trinajstić information content (AvgIpc) is 2.56. The molecular weight excluding hydrogens is 182 g/mol. The van der Waals surface area contributed by atoms with E-state index in [-0.39, 0.29) is 0 Å². The summed E-state index contributed by atoms with van der Waals surface area (Å²) in [4.78, 5) is 11.3. The fourth-order valence-electron chi connectivity index (χ4n) is 1.55. The lowest BCUT2D eigenvalue weighted by Gasteiger charge is -2.11. The molecular formula is C10H11NO3. The zero-order chi connectivity index (χ0) is 10.1. The van der Waals surface area contributed by atoms with E-state index in [9.17, 15) is 4.79 Å². The smallest absolute Gasteiger partial charge is 0.349 e. The van der Waals surface area contributed by atoms with Crippen LogP contribution in [0.25, 0.3) is 0 Å². The van der Waals surface area contributed by atoms with Gasteiger partial charge in [0.25, 0.3) is 0 Å². The van der Waals surface area contributed by atoms with Crippen molar-refractivity contribution < 1.29 is 14.3 Å². The minimum Gasteiger partial charge on any atom is -0.476 e. The van der Waals surface area contributed by atoms with Gasteiger partial charge in [0.05, 0.1) is 13.2 Å². The zero-order valence-electron chi connectivity index (χ0n) is 7.77. The van der Waals surface area contributed by atoms with E-state index in [1.807, 2.05) is 18.2 Å². The molecule has 2 N–H and O–H groups in total. The molecule has 1 aliphatic heterocycles. The predicted octanol–water partition coefficient (Wildman–Crippen LogP) is 0.620. The molecule has 0 radical (unpaired) electrons. The molecule has 0 saturated carbocycles. The molecule has 4 nitrogen and oxygen atoms in total. The highest BCUT2D eigenvalue weighted by atomic mass is 16.6. The fraction of sp³-hybridized carbons (Fsp3) is 0.300. The van der Waals surface area contributed by atoms with Gasteiger partial charge in [-0.1, -0.05) is 18.2 Å². The summed E-state index contributed by atoms with van der Waals surface area (Å²) in [5, 5.41) is 0. The maximum Gasteiger partial charge on any atom is 0.349 e. The molecule has 0 aliphatic carbocycles. The standard InChI is InChI=1S/C10H11NO3/c1-13-10(12)9-8(11)6-4-2-3-5-7(6)14-9/h2-5,8-9H,11H2,1H3/t8-,9+/m0/s1. The van der Waals surface area contributed by atoms with E-state index in [2.05, 4.69) is 4.74 Å². The van der Waals surface area contributed by atoms with Gasteiger partial charge >= 0.3 is 5.97 Å². The zero-order valence-corrected chi connectivity index (χ0v) is 7.77. The second-order valence-electron chi connectivity index (χ2n) is 3.13. The third-order valence-corrected chi connectivity index (χ3v) is 2.29. The molecule has 4 heteroatoms. The Bertz CT molecular complexity index is 364. The van der Waals surface area contributed by atoms with Crippen LogP contribution in [0.1, 0.15) is 11.6 Å². The average molecular weight is 193 g/mol. The van der Waals surface area contributed by atoms with Crippen LogP contribution in [0.2, 0.25) is 0 Å². The van der Waals surface area contributed by atoms with Gasteiger partial charge in [-0.2, -0.15) is 0 Å². The van der Waals surface area contributed by atoms with Gasteiger partial charge in [-0.05, 0) is 6.07 Å². The van der Waals surface area contributed by atoms with Crippen LogP contribution in [-0.2, 0) is 9.53 Å². The summed E-state index contributed by atoms with van der Waals surface area (Å²) in [7, 11) is 1.32. The lowest BCUT2D eigenvalue weighted by molar-refractivity contribution is -0.148. The van der Waals surface area contributed by atoms with E-state index in [1.54, 1.807) is 6.07 Å². The molecule has 0 amide bonds. The highest BCUT2D eigenvalue weighted by molar-refractivity contribution is 5.77. The van der Waals surface area contributed by atoms with Gasteiger partial charge in [0.1, 0.15) is 5.75 Å². The van der Waals surface area contributed by atoms with Crippen LogP contribution >= 0.6 is 0 Å². The number of benzene rings is 1.